The summed E-state index contributed by atoms with van der Waals surface area (Å²) in [4.78, 5) is 0. The van der Waals surface area contributed by atoms with Crippen LogP contribution in [-0.2, 0) is 6.42 Å². The minimum absolute atomic E-state index is 0.200. The molecule has 0 aromatic heterocycles. The Morgan fingerprint density at radius 1 is 1.14 bits per heavy atom. The quantitative estimate of drug-likeness (QED) is 0.910. The van der Waals surface area contributed by atoms with Gasteiger partial charge in [0.15, 0.2) is 0 Å². The van der Waals surface area contributed by atoms with Crippen molar-refractivity contribution in [2.24, 2.45) is 5.73 Å². The van der Waals surface area contributed by atoms with Crippen LogP contribution < -0.4 is 15.2 Å². The van der Waals surface area contributed by atoms with E-state index in [1.807, 2.05) is 49.4 Å². The molecule has 0 aliphatic carbocycles. The third-order valence-electron chi connectivity index (χ3n) is 3.14. The highest BCUT2D eigenvalue weighted by molar-refractivity contribution is 5.48. The molecule has 0 saturated heterocycles. The largest absolute Gasteiger partial charge is 0.496 e. The van der Waals surface area contributed by atoms with Crippen LogP contribution in [-0.4, -0.2) is 7.11 Å². The summed E-state index contributed by atoms with van der Waals surface area (Å²) in [5.41, 5.74) is 7.81. The first-order valence-corrected chi connectivity index (χ1v) is 6.72. The summed E-state index contributed by atoms with van der Waals surface area (Å²) >= 11 is 0. The molecule has 2 aromatic rings. The van der Waals surface area contributed by atoms with Gasteiger partial charge < -0.3 is 15.2 Å². The van der Waals surface area contributed by atoms with E-state index < -0.39 is 0 Å². The molecule has 0 spiro atoms. The molecule has 0 aliphatic rings. The van der Waals surface area contributed by atoms with Gasteiger partial charge in [-0.2, -0.15) is 5.26 Å². The first kappa shape index (κ1) is 14.9. The van der Waals surface area contributed by atoms with Gasteiger partial charge in [-0.15, -0.1) is 0 Å². The fourth-order valence-corrected chi connectivity index (χ4v) is 2.13. The molecule has 108 valence electrons. The van der Waals surface area contributed by atoms with Crippen LogP contribution in [0.2, 0.25) is 0 Å². The zero-order valence-corrected chi connectivity index (χ0v) is 12.2. The number of ether oxygens (including phenoxy) is 2. The Hall–Kier alpha value is -2.51. The molecule has 0 fully saturated rings. The highest BCUT2D eigenvalue weighted by atomic mass is 16.5. The first-order valence-electron chi connectivity index (χ1n) is 6.72. The molecule has 2 rings (SSSR count). The van der Waals surface area contributed by atoms with Crippen LogP contribution in [0.5, 0.6) is 17.2 Å². The predicted octanol–water partition coefficient (Wildman–Crippen LogP) is 3.57. The second-order valence-corrected chi connectivity index (χ2v) is 4.74. The van der Waals surface area contributed by atoms with Crippen molar-refractivity contribution in [3.05, 3.63) is 53.6 Å². The maximum Gasteiger partial charge on any atom is 0.135 e. The van der Waals surface area contributed by atoms with Crippen molar-refractivity contribution in [3.8, 4) is 23.3 Å². The highest BCUT2D eigenvalue weighted by Crippen LogP contribution is 2.35. The van der Waals surface area contributed by atoms with E-state index in [4.69, 9.17) is 20.5 Å². The molecular weight excluding hydrogens is 264 g/mol. The average Bonchev–Trinajstić information content (AvgIpc) is 2.49. The van der Waals surface area contributed by atoms with Gasteiger partial charge in [-0.05, 0) is 36.8 Å². The van der Waals surface area contributed by atoms with Crippen molar-refractivity contribution < 1.29 is 9.47 Å². The smallest absolute Gasteiger partial charge is 0.135 e. The Bertz CT molecular complexity index is 643. The summed E-state index contributed by atoms with van der Waals surface area (Å²) in [7, 11) is 1.61. The number of nitriles is 1. The minimum atomic E-state index is -0.200. The average molecular weight is 282 g/mol. The summed E-state index contributed by atoms with van der Waals surface area (Å²) in [5, 5.41) is 8.67. The Balaban J connectivity index is 2.29. The molecule has 0 aliphatic heterocycles. The van der Waals surface area contributed by atoms with Gasteiger partial charge in [0.25, 0.3) is 0 Å². The van der Waals surface area contributed by atoms with E-state index >= 15 is 0 Å². The van der Waals surface area contributed by atoms with E-state index in [1.165, 1.54) is 0 Å². The summed E-state index contributed by atoms with van der Waals surface area (Å²) in [6.07, 6.45) is 0.393. The van der Waals surface area contributed by atoms with Gasteiger partial charge in [-0.1, -0.05) is 18.2 Å². The number of benzene rings is 2. The maximum atomic E-state index is 8.67. The van der Waals surface area contributed by atoms with E-state index in [2.05, 4.69) is 6.07 Å². The van der Waals surface area contributed by atoms with E-state index in [0.717, 1.165) is 11.1 Å². The van der Waals surface area contributed by atoms with Gasteiger partial charge in [0.05, 0.1) is 25.2 Å². The topological polar surface area (TPSA) is 68.3 Å². The predicted molar refractivity (Wildman–Crippen MR) is 81.4 cm³/mol. The lowest BCUT2D eigenvalue weighted by Gasteiger charge is -2.17. The van der Waals surface area contributed by atoms with Gasteiger partial charge in [0.2, 0.25) is 0 Å². The van der Waals surface area contributed by atoms with Crippen LogP contribution in [0.1, 0.15) is 24.1 Å². The molecular formula is C17H18N2O2. The number of hydrogen-bond acceptors (Lipinski definition) is 4. The van der Waals surface area contributed by atoms with Crippen molar-refractivity contribution in [3.63, 3.8) is 0 Å². The van der Waals surface area contributed by atoms with E-state index in [1.54, 1.807) is 7.11 Å². The van der Waals surface area contributed by atoms with E-state index in [-0.39, 0.29) is 6.04 Å². The third kappa shape index (κ3) is 3.53. The number of hydrogen-bond donors (Lipinski definition) is 1. The lowest BCUT2D eigenvalue weighted by Crippen LogP contribution is -2.08. The lowest BCUT2D eigenvalue weighted by molar-refractivity contribution is 0.397. The van der Waals surface area contributed by atoms with Crippen LogP contribution in [0.25, 0.3) is 0 Å². The molecule has 1 atom stereocenters. The Morgan fingerprint density at radius 2 is 1.81 bits per heavy atom. The highest BCUT2D eigenvalue weighted by Gasteiger charge is 2.14. The number of rotatable bonds is 5. The number of nitrogens with zero attached hydrogens (tertiary/aromatic N) is 1. The van der Waals surface area contributed by atoms with E-state index in [9.17, 15) is 0 Å². The lowest BCUT2D eigenvalue weighted by atomic mass is 10.1. The monoisotopic (exact) mass is 282 g/mol. The maximum absolute atomic E-state index is 8.67. The Labute approximate surface area is 124 Å². The van der Waals surface area contributed by atoms with Gasteiger partial charge in [-0.25, -0.2) is 0 Å². The fraction of sp³-hybridized carbons (Fsp3) is 0.235. The SMILES string of the molecule is COc1cccc(Oc2ccc(CC#N)cc2)c1[C@@H](C)N. The standard InChI is InChI=1S/C17H18N2O2/c1-12(19)17-15(20-2)4-3-5-16(17)21-14-8-6-13(7-9-14)10-11-18/h3-9,12H,10,19H2,1-2H3/t12-/m1/s1. The number of methoxy groups -OCH3 is 1. The molecule has 2 N–H and O–H groups in total. The Kier molecular flexibility index (Phi) is 4.81. The summed E-state index contributed by atoms with van der Waals surface area (Å²) in [6.45, 7) is 1.89. The van der Waals surface area contributed by atoms with Crippen LogP contribution in [0.3, 0.4) is 0 Å². The summed E-state index contributed by atoms with van der Waals surface area (Å²) < 4.78 is 11.2. The van der Waals surface area contributed by atoms with Crippen molar-refractivity contribution in [2.75, 3.05) is 7.11 Å². The molecule has 2 aromatic carbocycles. The van der Waals surface area contributed by atoms with Crippen LogP contribution >= 0.6 is 0 Å². The van der Waals surface area contributed by atoms with Gasteiger partial charge >= 0.3 is 0 Å². The molecule has 0 bridgehead atoms. The molecule has 0 unspecified atom stereocenters. The van der Waals surface area contributed by atoms with Crippen molar-refractivity contribution in [1.82, 2.24) is 0 Å². The van der Waals surface area contributed by atoms with Crippen molar-refractivity contribution in [1.29, 1.82) is 5.26 Å². The summed E-state index contributed by atoms with van der Waals surface area (Å²) in [6, 6.07) is 15.0. The Morgan fingerprint density at radius 3 is 2.38 bits per heavy atom. The summed E-state index contributed by atoms with van der Waals surface area (Å²) in [5.74, 6) is 2.09. The molecule has 4 heteroatoms. The normalized spacial score (nSPS) is 11.5. The molecule has 21 heavy (non-hydrogen) atoms. The van der Waals surface area contributed by atoms with Crippen LogP contribution in [0.4, 0.5) is 0 Å². The van der Waals surface area contributed by atoms with Crippen LogP contribution in [0, 0.1) is 11.3 Å². The number of nitrogens with two attached hydrogens (primary N) is 1. The second-order valence-electron chi connectivity index (χ2n) is 4.74. The molecule has 0 amide bonds. The first-order chi connectivity index (χ1) is 10.2. The zero-order chi connectivity index (χ0) is 15.2. The molecule has 0 radical (unpaired) electrons. The fourth-order valence-electron chi connectivity index (χ4n) is 2.13. The minimum Gasteiger partial charge on any atom is -0.496 e. The van der Waals surface area contributed by atoms with E-state index in [0.29, 0.717) is 23.7 Å². The zero-order valence-electron chi connectivity index (χ0n) is 12.2. The second kappa shape index (κ2) is 6.78. The third-order valence-corrected chi connectivity index (χ3v) is 3.14. The molecule has 4 nitrogen and oxygen atoms in total. The molecule has 0 saturated carbocycles. The van der Waals surface area contributed by atoms with Gasteiger partial charge in [0, 0.05) is 6.04 Å². The van der Waals surface area contributed by atoms with Crippen molar-refractivity contribution in [2.45, 2.75) is 19.4 Å². The van der Waals surface area contributed by atoms with Crippen molar-refractivity contribution >= 4 is 0 Å². The van der Waals surface area contributed by atoms with Gasteiger partial charge in [-0.3, -0.25) is 0 Å². The van der Waals surface area contributed by atoms with Gasteiger partial charge in [0.1, 0.15) is 17.2 Å². The molecule has 0 heterocycles. The van der Waals surface area contributed by atoms with Crippen LogP contribution in [0.15, 0.2) is 42.5 Å².